The van der Waals surface area contributed by atoms with Crippen molar-refractivity contribution in [3.05, 3.63) is 94.0 Å². The number of anilines is 1. The van der Waals surface area contributed by atoms with Gasteiger partial charge in [-0.15, -0.1) is 0 Å². The molecule has 0 radical (unpaired) electrons. The lowest BCUT2D eigenvalue weighted by Crippen LogP contribution is -2.53. The molecule has 0 heterocycles. The van der Waals surface area contributed by atoms with Crippen molar-refractivity contribution in [3.8, 4) is 5.75 Å². The van der Waals surface area contributed by atoms with E-state index < -0.39 is 28.5 Å². The van der Waals surface area contributed by atoms with Crippen LogP contribution >= 0.6 is 23.2 Å². The van der Waals surface area contributed by atoms with Crippen molar-refractivity contribution < 1.29 is 22.7 Å². The molecule has 1 atom stereocenters. The van der Waals surface area contributed by atoms with Crippen LogP contribution in [-0.2, 0) is 32.6 Å². The smallest absolute Gasteiger partial charge is 0.244 e. The molecule has 0 bridgehead atoms. The van der Waals surface area contributed by atoms with Gasteiger partial charge in [0, 0.05) is 29.6 Å². The van der Waals surface area contributed by atoms with Gasteiger partial charge in [0.25, 0.3) is 0 Å². The predicted octanol–water partition coefficient (Wildman–Crippen LogP) is 5.57. The first-order valence-electron chi connectivity index (χ1n) is 13.6. The number of amides is 2. The van der Waals surface area contributed by atoms with Crippen molar-refractivity contribution in [3.63, 3.8) is 0 Å². The molecular formula is C31H37Cl2N3O5S. The van der Waals surface area contributed by atoms with E-state index in [-0.39, 0.29) is 30.5 Å². The third kappa shape index (κ3) is 9.37. The Balaban J connectivity index is 2.10. The number of sulfonamides is 1. The third-order valence-corrected chi connectivity index (χ3v) is 8.14. The average molecular weight is 635 g/mol. The number of ether oxygens (including phenoxy) is 1. The van der Waals surface area contributed by atoms with Crippen LogP contribution in [0, 0.1) is 5.92 Å². The Bertz CT molecular complexity index is 1470. The Hall–Kier alpha value is -3.27. The first-order chi connectivity index (χ1) is 19.9. The van der Waals surface area contributed by atoms with Gasteiger partial charge in [-0.25, -0.2) is 8.42 Å². The van der Waals surface area contributed by atoms with Crippen molar-refractivity contribution >= 4 is 50.7 Å². The molecule has 0 fully saturated rings. The summed E-state index contributed by atoms with van der Waals surface area (Å²) in [6, 6.07) is 19.9. The van der Waals surface area contributed by atoms with Gasteiger partial charge in [0.15, 0.2) is 0 Å². The first-order valence-corrected chi connectivity index (χ1v) is 16.3. The second-order valence-corrected chi connectivity index (χ2v) is 13.0. The zero-order valence-electron chi connectivity index (χ0n) is 24.2. The molecule has 1 N–H and O–H groups in total. The number of carbonyl (C=O) groups is 2. The lowest BCUT2D eigenvalue weighted by atomic mass is 10.0. The van der Waals surface area contributed by atoms with Crippen molar-refractivity contribution in [2.45, 2.75) is 39.8 Å². The van der Waals surface area contributed by atoms with Gasteiger partial charge in [0.05, 0.1) is 18.6 Å². The summed E-state index contributed by atoms with van der Waals surface area (Å²) in [6.45, 7) is 5.84. The molecule has 0 aliphatic heterocycles. The largest absolute Gasteiger partial charge is 0.492 e. The van der Waals surface area contributed by atoms with Crippen molar-refractivity contribution in [2.75, 3.05) is 30.3 Å². The summed E-state index contributed by atoms with van der Waals surface area (Å²) < 4.78 is 32.8. The molecule has 0 saturated carbocycles. The fraction of sp³-hybridized carbons (Fsp3) is 0.355. The Labute approximate surface area is 258 Å². The van der Waals surface area contributed by atoms with Crippen LogP contribution in [0.15, 0.2) is 72.8 Å². The van der Waals surface area contributed by atoms with Gasteiger partial charge < -0.3 is 15.0 Å². The molecule has 226 valence electrons. The number of hydrogen-bond donors (Lipinski definition) is 1. The predicted molar refractivity (Wildman–Crippen MR) is 169 cm³/mol. The fourth-order valence-corrected chi connectivity index (χ4v) is 5.67. The molecule has 3 aromatic carbocycles. The molecule has 0 unspecified atom stereocenters. The topological polar surface area (TPSA) is 96.0 Å². The van der Waals surface area contributed by atoms with Crippen LogP contribution in [0.25, 0.3) is 0 Å². The highest BCUT2D eigenvalue weighted by Crippen LogP contribution is 2.31. The standard InChI is InChI=1S/C31H37Cl2N3O5S/c1-5-41-29-14-10-9-13-27(29)36(42(4,39)40)21-30(37)35(20-24-15-16-25(32)18-26(24)33)28(31(38)34-19-22(2)3)17-23-11-7-6-8-12-23/h6-16,18,22,28H,5,17,19-21H2,1-4H3,(H,34,38)/t28-/m1/s1. The maximum absolute atomic E-state index is 14.2. The summed E-state index contributed by atoms with van der Waals surface area (Å²) >= 11 is 12.6. The van der Waals surface area contributed by atoms with Gasteiger partial charge in [0.2, 0.25) is 21.8 Å². The summed E-state index contributed by atoms with van der Waals surface area (Å²) in [7, 11) is -3.94. The molecule has 2 amide bonds. The minimum absolute atomic E-state index is 0.0495. The molecule has 3 rings (SSSR count). The summed E-state index contributed by atoms with van der Waals surface area (Å²) in [4.78, 5) is 29.3. The molecule has 0 spiro atoms. The van der Waals surface area contributed by atoms with Gasteiger partial charge in [0.1, 0.15) is 18.3 Å². The summed E-state index contributed by atoms with van der Waals surface area (Å²) in [5.41, 5.74) is 1.62. The lowest BCUT2D eigenvalue weighted by Gasteiger charge is -2.34. The second-order valence-electron chi connectivity index (χ2n) is 10.3. The highest BCUT2D eigenvalue weighted by Gasteiger charge is 2.34. The maximum Gasteiger partial charge on any atom is 0.244 e. The van der Waals surface area contributed by atoms with Gasteiger partial charge in [-0.05, 0) is 48.2 Å². The zero-order valence-corrected chi connectivity index (χ0v) is 26.5. The van der Waals surface area contributed by atoms with Crippen LogP contribution in [-0.4, -0.2) is 57.1 Å². The third-order valence-electron chi connectivity index (χ3n) is 6.42. The van der Waals surface area contributed by atoms with Crippen LogP contribution in [0.5, 0.6) is 5.75 Å². The van der Waals surface area contributed by atoms with Crippen LogP contribution in [0.2, 0.25) is 10.0 Å². The van der Waals surface area contributed by atoms with E-state index in [2.05, 4.69) is 5.32 Å². The molecule has 3 aromatic rings. The van der Waals surface area contributed by atoms with E-state index in [4.69, 9.17) is 27.9 Å². The monoisotopic (exact) mass is 633 g/mol. The highest BCUT2D eigenvalue weighted by atomic mass is 35.5. The Morgan fingerprint density at radius 3 is 2.26 bits per heavy atom. The maximum atomic E-state index is 14.2. The van der Waals surface area contributed by atoms with Gasteiger partial charge in [-0.3, -0.25) is 13.9 Å². The van der Waals surface area contributed by atoms with Crippen LogP contribution in [0.3, 0.4) is 0 Å². The minimum Gasteiger partial charge on any atom is -0.492 e. The van der Waals surface area contributed by atoms with Crippen molar-refractivity contribution in [1.82, 2.24) is 10.2 Å². The number of carbonyl (C=O) groups excluding carboxylic acids is 2. The van der Waals surface area contributed by atoms with E-state index in [1.165, 1.54) is 4.90 Å². The van der Waals surface area contributed by atoms with Crippen LogP contribution in [0.1, 0.15) is 31.9 Å². The number of para-hydroxylation sites is 2. The Morgan fingerprint density at radius 2 is 1.64 bits per heavy atom. The number of benzene rings is 3. The van der Waals surface area contributed by atoms with E-state index in [1.54, 1.807) is 49.4 Å². The minimum atomic E-state index is -3.94. The molecule has 8 nitrogen and oxygen atoms in total. The van der Waals surface area contributed by atoms with Crippen LogP contribution < -0.4 is 14.4 Å². The first kappa shape index (κ1) is 33.2. The Morgan fingerprint density at radius 1 is 0.976 bits per heavy atom. The number of nitrogens with zero attached hydrogens (tertiary/aromatic N) is 2. The highest BCUT2D eigenvalue weighted by molar-refractivity contribution is 7.92. The summed E-state index contributed by atoms with van der Waals surface area (Å²) in [6.07, 6.45) is 1.23. The van der Waals surface area contributed by atoms with Gasteiger partial charge in [-0.1, -0.05) is 85.6 Å². The van der Waals surface area contributed by atoms with Crippen molar-refractivity contribution in [1.29, 1.82) is 0 Å². The molecule has 0 aliphatic rings. The SMILES string of the molecule is CCOc1ccccc1N(CC(=O)N(Cc1ccc(Cl)cc1Cl)[C@H](Cc1ccccc1)C(=O)NCC(C)C)S(C)(=O)=O. The molecular weight excluding hydrogens is 597 g/mol. The quantitative estimate of drug-likeness (QED) is 0.250. The molecule has 0 aromatic heterocycles. The number of nitrogens with one attached hydrogen (secondary N) is 1. The molecule has 42 heavy (non-hydrogen) atoms. The van der Waals surface area contributed by atoms with Gasteiger partial charge in [-0.2, -0.15) is 0 Å². The lowest BCUT2D eigenvalue weighted by molar-refractivity contribution is -0.140. The van der Waals surface area contributed by atoms with E-state index in [1.807, 2.05) is 44.2 Å². The van der Waals surface area contributed by atoms with Gasteiger partial charge >= 0.3 is 0 Å². The fourth-order valence-electron chi connectivity index (χ4n) is 4.35. The molecule has 11 heteroatoms. The molecule has 0 aliphatic carbocycles. The zero-order chi connectivity index (χ0) is 30.9. The Kier molecular flexibility index (Phi) is 12.1. The number of rotatable bonds is 14. The van der Waals surface area contributed by atoms with E-state index >= 15 is 0 Å². The van der Waals surface area contributed by atoms with E-state index in [0.717, 1.165) is 16.1 Å². The summed E-state index contributed by atoms with van der Waals surface area (Å²) in [5.74, 6) is -0.442. The second kappa shape index (κ2) is 15.3. The number of halogens is 2. The summed E-state index contributed by atoms with van der Waals surface area (Å²) in [5, 5.41) is 3.70. The van der Waals surface area contributed by atoms with E-state index in [9.17, 15) is 18.0 Å². The van der Waals surface area contributed by atoms with E-state index in [0.29, 0.717) is 34.5 Å². The number of hydrogen-bond acceptors (Lipinski definition) is 5. The molecule has 0 saturated heterocycles. The van der Waals surface area contributed by atoms with Crippen molar-refractivity contribution in [2.24, 2.45) is 5.92 Å². The average Bonchev–Trinajstić information content (AvgIpc) is 2.93. The normalized spacial score (nSPS) is 12.1. The van der Waals surface area contributed by atoms with Crippen LogP contribution in [0.4, 0.5) is 5.69 Å².